The molecule has 0 fully saturated rings. The Labute approximate surface area is 661 Å². The van der Waals surface area contributed by atoms with Crippen molar-refractivity contribution in [3.63, 3.8) is 0 Å². The van der Waals surface area contributed by atoms with Gasteiger partial charge in [0.1, 0.15) is 46.0 Å². The lowest BCUT2D eigenvalue weighted by atomic mass is 9.80. The van der Waals surface area contributed by atoms with Crippen LogP contribution in [0, 0.1) is 0 Å². The van der Waals surface area contributed by atoms with Gasteiger partial charge in [0.25, 0.3) is 64.1 Å². The van der Waals surface area contributed by atoms with Crippen molar-refractivity contribution < 1.29 is 90.0 Å². The SMILES string of the molecule is CC(C)c1cccc(C(C)C)c1N1C(=O)c2cc3c4c5c6cc7c8c(cc(c(c9c(cc(c2c49)C1=O)Oc1ccc(S(=O)(=O)O)cc1CCCCCCCCc1cc(S(=O)(=O)O)ccc1O6)c85)Oc1ccc(S(=O)(=O)O)cc1CCCCCCCCc1cc(S(=O)(=O)O)ccc1O3)C(=O)N(c1c(C(C)C)cccc1C(C)C)C7=O. The molecule has 0 aliphatic carbocycles. The summed E-state index contributed by atoms with van der Waals surface area (Å²) in [6, 6.07) is 32.4. The molecule has 6 aliphatic heterocycles. The maximum atomic E-state index is 16.9. The second kappa shape index (κ2) is 30.2. The van der Waals surface area contributed by atoms with E-state index >= 15 is 19.2 Å². The van der Waals surface area contributed by atoms with E-state index < -0.39 is 83.7 Å². The van der Waals surface area contributed by atoms with Crippen LogP contribution < -0.4 is 28.7 Å². The van der Waals surface area contributed by atoms with Gasteiger partial charge in [-0.2, -0.15) is 33.7 Å². The summed E-state index contributed by atoms with van der Waals surface area (Å²) in [7, 11) is -19.6. The first-order chi connectivity index (χ1) is 54.1. The number of aryl methyl sites for hydroxylation is 4. The summed E-state index contributed by atoms with van der Waals surface area (Å²) in [5, 5.41) is 0.0699. The van der Waals surface area contributed by atoms with Gasteiger partial charge in [-0.3, -0.25) is 37.4 Å². The van der Waals surface area contributed by atoms with Gasteiger partial charge in [0.05, 0.1) is 53.2 Å². The molecule has 11 aromatic rings. The monoisotopic (exact) mass is 1620 g/mol. The number of fused-ring (bicyclic) bond motifs is 14. The second-order valence-corrected chi connectivity index (χ2v) is 37.1. The molecule has 0 saturated heterocycles. The van der Waals surface area contributed by atoms with E-state index in [-0.39, 0.29) is 183 Å². The molecular formula is C88H86N2O20S4. The lowest BCUT2D eigenvalue weighted by Crippen LogP contribution is -2.42. The third kappa shape index (κ3) is 14.4. The number of anilines is 2. The number of amides is 4. The Morgan fingerprint density at radius 2 is 0.482 bits per heavy atom. The number of para-hydroxylation sites is 2. The normalized spacial score (nSPS) is 15.9. The van der Waals surface area contributed by atoms with Crippen molar-refractivity contribution in [2.24, 2.45) is 0 Å². The fourth-order valence-corrected chi connectivity index (χ4v) is 19.1. The predicted molar refractivity (Wildman–Crippen MR) is 435 cm³/mol. The van der Waals surface area contributed by atoms with Crippen LogP contribution in [0.2, 0.25) is 0 Å². The Kier molecular flexibility index (Phi) is 21.0. The van der Waals surface area contributed by atoms with Gasteiger partial charge in [0.2, 0.25) is 0 Å². The van der Waals surface area contributed by atoms with E-state index in [1.807, 2.05) is 91.8 Å². The minimum absolute atomic E-state index is 0.00409. The molecule has 0 radical (unpaired) electrons. The van der Waals surface area contributed by atoms with Gasteiger partial charge in [-0.25, -0.2) is 9.80 Å². The van der Waals surface area contributed by atoms with Gasteiger partial charge in [0, 0.05) is 43.1 Å². The molecule has 22 nitrogen and oxygen atoms in total. The molecule has 114 heavy (non-hydrogen) atoms. The lowest BCUT2D eigenvalue weighted by molar-refractivity contribution is 0.0877. The van der Waals surface area contributed by atoms with E-state index in [1.165, 1.54) is 97.1 Å². The van der Waals surface area contributed by atoms with Crippen molar-refractivity contribution in [2.45, 2.75) is 201 Å². The van der Waals surface area contributed by atoms with Crippen molar-refractivity contribution in [1.29, 1.82) is 0 Å². The Morgan fingerprint density at radius 1 is 0.272 bits per heavy atom. The first-order valence-corrected chi connectivity index (χ1v) is 44.4. The molecule has 592 valence electrons. The summed E-state index contributed by atoms with van der Waals surface area (Å²) in [5.74, 6) is -4.99. The Hall–Kier alpha value is -10.2. The van der Waals surface area contributed by atoms with Crippen molar-refractivity contribution in [3.8, 4) is 46.0 Å². The number of rotatable bonds is 10. The zero-order chi connectivity index (χ0) is 81.1. The maximum absolute atomic E-state index is 16.9. The van der Waals surface area contributed by atoms with Crippen LogP contribution in [0.25, 0.3) is 43.1 Å². The van der Waals surface area contributed by atoms with Gasteiger partial charge in [-0.1, -0.05) is 143 Å². The van der Waals surface area contributed by atoms with E-state index in [0.29, 0.717) is 111 Å². The lowest BCUT2D eigenvalue weighted by Gasteiger charge is -2.35. The van der Waals surface area contributed by atoms with Crippen LogP contribution in [-0.2, 0) is 66.2 Å². The summed E-state index contributed by atoms with van der Waals surface area (Å²) in [6.07, 6.45) is 7.51. The number of benzene rings is 11. The van der Waals surface area contributed by atoms with Crippen LogP contribution in [0.5, 0.6) is 46.0 Å². The number of carbonyl (C=O) groups excluding carboxylic acids is 4. The summed E-state index contributed by atoms with van der Waals surface area (Å²) >= 11 is 0. The average molecular weight is 1620 g/mol. The summed E-state index contributed by atoms with van der Waals surface area (Å²) in [6.45, 7) is 15.5. The number of ether oxygens (including phenoxy) is 4. The predicted octanol–water partition coefficient (Wildman–Crippen LogP) is 20.9. The number of carbonyl (C=O) groups is 4. The Bertz CT molecular complexity index is 5640. The van der Waals surface area contributed by atoms with E-state index in [9.17, 15) is 51.9 Å². The zero-order valence-corrected chi connectivity index (χ0v) is 67.4. The van der Waals surface area contributed by atoms with Crippen LogP contribution in [0.15, 0.2) is 153 Å². The Balaban J connectivity index is 1.22. The van der Waals surface area contributed by atoms with Crippen LogP contribution >= 0.6 is 0 Å². The summed E-state index contributed by atoms with van der Waals surface area (Å²) in [4.78, 5) is 68.0. The van der Waals surface area contributed by atoms with Gasteiger partial charge in [-0.05, 0) is 217 Å². The average Bonchev–Trinajstić information content (AvgIpc) is 0.668. The third-order valence-corrected chi connectivity index (χ3v) is 25.9. The standard InChI is InChI=1S/C88H86N2O20S4/c1-47(2)59-27-21-28-60(48(3)4)83(59)89-85(91)63-43-71-77-80-74-46-66-76-65(87(93)90(88(66)94)84-61(49(5)6)29-22-30-62(84)50(7)8)45-73(109-69-37-33-57(113(101,102)103)41-53(69)25-19-15-11-9-13-17-23-51-39-55(111(95,96)97)31-35-67(51)107-71)79(82(76)80)78-72(44-64(86(89)92)75(63)81(77)78)108-68-36-32-56(112(98,99)100)40-52(68)24-18-14-10-12-16-20-26-54-42-58(114(104,105)106)34-38-70(54)110-74/h21-22,27-50H,9-20,23-26H2,1-8H3,(H,95,96,97)(H,98,99,100)(H,101,102,103)(H,104,105,106). The molecule has 0 aromatic heterocycles. The van der Waals surface area contributed by atoms with Crippen LogP contribution in [-0.4, -0.2) is 75.5 Å². The van der Waals surface area contributed by atoms with E-state index in [4.69, 9.17) is 18.9 Å². The topological polar surface area (TPSA) is 329 Å². The Morgan fingerprint density at radius 3 is 0.684 bits per heavy atom. The zero-order valence-electron chi connectivity index (χ0n) is 64.2. The van der Waals surface area contributed by atoms with Gasteiger partial charge in [-0.15, -0.1) is 0 Å². The number of imide groups is 2. The number of hydrogen-bond donors (Lipinski definition) is 4. The molecule has 11 aromatic carbocycles. The van der Waals surface area contributed by atoms with Crippen molar-refractivity contribution in [1.82, 2.24) is 0 Å². The second-order valence-electron chi connectivity index (χ2n) is 31.4. The molecule has 0 unspecified atom stereocenters. The molecular weight excluding hydrogens is 1530 g/mol. The van der Waals surface area contributed by atoms with Crippen molar-refractivity contribution >= 4 is 119 Å². The summed E-state index contributed by atoms with van der Waals surface area (Å²) in [5.41, 5.74) is 3.81. The third-order valence-electron chi connectivity index (χ3n) is 22.5. The number of nitrogens with zero attached hydrogens (tertiary/aromatic N) is 2. The molecule has 6 heterocycles. The highest BCUT2D eigenvalue weighted by Gasteiger charge is 2.45. The molecule has 4 amide bonds. The quantitative estimate of drug-likeness (QED) is 0.0428. The molecule has 0 saturated carbocycles. The molecule has 4 N–H and O–H groups in total. The highest BCUT2D eigenvalue weighted by Crippen LogP contribution is 2.60. The van der Waals surface area contributed by atoms with Crippen molar-refractivity contribution in [2.75, 3.05) is 9.80 Å². The highest BCUT2D eigenvalue weighted by atomic mass is 32.2. The fourth-order valence-electron chi connectivity index (χ4n) is 17.0. The van der Waals surface area contributed by atoms with Gasteiger partial charge in [0.15, 0.2) is 0 Å². The molecule has 17 rings (SSSR count). The fraction of sp³-hybridized carbons (Fsp3) is 0.318. The number of hydrogen-bond acceptors (Lipinski definition) is 16. The molecule has 0 atom stereocenters. The van der Waals surface area contributed by atoms with Crippen LogP contribution in [0.4, 0.5) is 11.4 Å². The smallest absolute Gasteiger partial charge is 0.294 e. The molecule has 26 heteroatoms. The highest BCUT2D eigenvalue weighted by molar-refractivity contribution is 7.86. The van der Waals surface area contributed by atoms with E-state index in [1.54, 1.807) is 0 Å². The molecule has 10 bridgehead atoms. The maximum Gasteiger partial charge on any atom is 0.294 e. The largest absolute Gasteiger partial charge is 0.456 e. The van der Waals surface area contributed by atoms with Crippen LogP contribution in [0.3, 0.4) is 0 Å². The first kappa shape index (κ1) is 79.1. The van der Waals surface area contributed by atoms with Gasteiger partial charge >= 0.3 is 0 Å². The van der Waals surface area contributed by atoms with E-state index in [2.05, 4.69) is 0 Å². The molecule has 6 aliphatic rings. The van der Waals surface area contributed by atoms with E-state index in [0.717, 1.165) is 9.80 Å². The van der Waals surface area contributed by atoms with Crippen LogP contribution in [0.1, 0.15) is 242 Å². The molecule has 0 spiro atoms. The minimum Gasteiger partial charge on any atom is -0.456 e. The first-order valence-electron chi connectivity index (χ1n) is 38.6. The van der Waals surface area contributed by atoms with Gasteiger partial charge < -0.3 is 18.9 Å². The minimum atomic E-state index is -4.89. The summed E-state index contributed by atoms with van der Waals surface area (Å²) < 4.78 is 180. The van der Waals surface area contributed by atoms with Crippen molar-refractivity contribution in [3.05, 3.63) is 200 Å².